The van der Waals surface area contributed by atoms with Crippen molar-refractivity contribution in [3.63, 3.8) is 0 Å². The Bertz CT molecular complexity index is 1770. The van der Waals surface area contributed by atoms with E-state index in [-0.39, 0.29) is 11.4 Å². The molecule has 1 atom stereocenters. The zero-order chi connectivity index (χ0) is 28.2. The van der Waals surface area contributed by atoms with Gasteiger partial charge in [0, 0.05) is 42.6 Å². The fourth-order valence-electron chi connectivity index (χ4n) is 5.04. The third-order valence-corrected chi connectivity index (χ3v) is 7.26. The molecule has 4 aromatic heterocycles. The van der Waals surface area contributed by atoms with Crippen molar-refractivity contribution in [2.75, 3.05) is 7.11 Å². The summed E-state index contributed by atoms with van der Waals surface area (Å²) in [6.07, 6.45) is 1.67. The van der Waals surface area contributed by atoms with Crippen molar-refractivity contribution in [3.8, 4) is 28.5 Å². The smallest absolute Gasteiger partial charge is 0.434 e. The van der Waals surface area contributed by atoms with Gasteiger partial charge in [-0.2, -0.15) is 18.3 Å². The maximum Gasteiger partial charge on any atom is 0.434 e. The lowest BCUT2D eigenvalue weighted by Gasteiger charge is -2.17. The van der Waals surface area contributed by atoms with E-state index < -0.39 is 17.9 Å². The van der Waals surface area contributed by atoms with Gasteiger partial charge in [0.15, 0.2) is 5.69 Å². The first kappa shape index (κ1) is 25.8. The number of fused-ring (bicyclic) bond motifs is 1. The summed E-state index contributed by atoms with van der Waals surface area (Å²) in [6.45, 7) is 4.00. The molecule has 0 saturated heterocycles. The number of aromatic nitrogens is 7. The maximum absolute atomic E-state index is 13.2. The van der Waals surface area contributed by atoms with E-state index in [0.717, 1.165) is 35.9 Å². The monoisotopic (exact) mass is 549 g/mol. The Labute approximate surface area is 226 Å². The van der Waals surface area contributed by atoms with E-state index in [2.05, 4.69) is 15.0 Å². The normalized spacial score (nSPS) is 14.6. The van der Waals surface area contributed by atoms with Gasteiger partial charge in [-0.3, -0.25) is 9.36 Å². The van der Waals surface area contributed by atoms with Crippen LogP contribution in [0, 0.1) is 0 Å². The van der Waals surface area contributed by atoms with Crippen LogP contribution in [0.4, 0.5) is 13.2 Å². The molecule has 0 radical (unpaired) electrons. The number of ether oxygens (including phenoxy) is 1. The van der Waals surface area contributed by atoms with Crippen LogP contribution in [-0.4, -0.2) is 40.8 Å². The van der Waals surface area contributed by atoms with Gasteiger partial charge in [0.25, 0.3) is 5.56 Å². The van der Waals surface area contributed by atoms with Crippen LogP contribution in [0.2, 0.25) is 0 Å². The molecule has 1 aromatic carbocycles. The number of aryl methyl sites for hydroxylation is 1. The van der Waals surface area contributed by atoms with Crippen molar-refractivity contribution in [2.45, 2.75) is 51.4 Å². The van der Waals surface area contributed by atoms with Gasteiger partial charge in [0.2, 0.25) is 5.88 Å². The molecule has 6 rings (SSSR count). The number of methoxy groups -OCH3 is 1. The van der Waals surface area contributed by atoms with E-state index in [9.17, 15) is 18.0 Å². The molecule has 40 heavy (non-hydrogen) atoms. The molecule has 0 bridgehead atoms. The lowest BCUT2D eigenvalue weighted by molar-refractivity contribution is -0.140. The second kappa shape index (κ2) is 9.61. The minimum absolute atomic E-state index is 0.217. The fourth-order valence-corrected chi connectivity index (χ4v) is 5.04. The van der Waals surface area contributed by atoms with Crippen molar-refractivity contribution in [3.05, 3.63) is 82.4 Å². The highest BCUT2D eigenvalue weighted by Crippen LogP contribution is 2.45. The molecule has 1 fully saturated rings. The Balaban J connectivity index is 1.39. The predicted molar refractivity (Wildman–Crippen MR) is 141 cm³/mol. The highest BCUT2D eigenvalue weighted by molar-refractivity contribution is 5.72. The first-order valence-corrected chi connectivity index (χ1v) is 12.9. The van der Waals surface area contributed by atoms with E-state index in [0.29, 0.717) is 35.2 Å². The largest absolute Gasteiger partial charge is 0.480 e. The molecule has 1 saturated carbocycles. The Morgan fingerprint density at radius 3 is 2.52 bits per heavy atom. The van der Waals surface area contributed by atoms with Crippen LogP contribution in [-0.2, 0) is 12.7 Å². The van der Waals surface area contributed by atoms with Crippen molar-refractivity contribution < 1.29 is 17.9 Å². The highest BCUT2D eigenvalue weighted by Gasteiger charge is 2.35. The summed E-state index contributed by atoms with van der Waals surface area (Å²) < 4.78 is 50.0. The van der Waals surface area contributed by atoms with Crippen LogP contribution in [0.1, 0.15) is 55.6 Å². The fraction of sp³-hybridized carbons (Fsp3) is 0.321. The minimum Gasteiger partial charge on any atom is -0.480 e. The van der Waals surface area contributed by atoms with Gasteiger partial charge >= 0.3 is 6.18 Å². The van der Waals surface area contributed by atoms with E-state index >= 15 is 0 Å². The van der Waals surface area contributed by atoms with E-state index in [1.54, 1.807) is 53.6 Å². The molecule has 0 spiro atoms. The standard InChI is InChI=1S/C28H26F3N7O2/c1-4-36-14-21(28(29,30)31)34-26(36)19-9-5-17(6-10-19)16(2)38-22-13-20(35-37(22)12-11-23(38)39)24-25(18-7-8-18)32-15-33-27(24)40-3/h5-6,9-16,18H,4,7-8H2,1-3H3. The molecule has 206 valence electrons. The van der Waals surface area contributed by atoms with Crippen molar-refractivity contribution in [1.82, 2.24) is 33.7 Å². The quantitative estimate of drug-likeness (QED) is 0.272. The molecular weight excluding hydrogens is 523 g/mol. The number of imidazole rings is 1. The molecule has 1 unspecified atom stereocenters. The molecule has 0 amide bonds. The summed E-state index contributed by atoms with van der Waals surface area (Å²) in [5.74, 6) is 0.989. The molecule has 12 heteroatoms. The Morgan fingerprint density at radius 2 is 1.88 bits per heavy atom. The van der Waals surface area contributed by atoms with Gasteiger partial charge in [0.05, 0.1) is 24.4 Å². The van der Waals surface area contributed by atoms with Gasteiger partial charge < -0.3 is 9.30 Å². The minimum atomic E-state index is -4.52. The topological polar surface area (TPSA) is 92.1 Å². The third kappa shape index (κ3) is 4.42. The second-order valence-electron chi connectivity index (χ2n) is 9.81. The average molecular weight is 550 g/mol. The third-order valence-electron chi connectivity index (χ3n) is 7.26. The highest BCUT2D eigenvalue weighted by atomic mass is 19.4. The summed E-state index contributed by atoms with van der Waals surface area (Å²) in [4.78, 5) is 25.7. The summed E-state index contributed by atoms with van der Waals surface area (Å²) in [6, 6.07) is 9.93. The summed E-state index contributed by atoms with van der Waals surface area (Å²) in [5.41, 5.74) is 2.98. The summed E-state index contributed by atoms with van der Waals surface area (Å²) in [5, 5.41) is 4.73. The van der Waals surface area contributed by atoms with Gasteiger partial charge in [-0.25, -0.2) is 19.5 Å². The lowest BCUT2D eigenvalue weighted by Crippen LogP contribution is -2.24. The predicted octanol–water partition coefficient (Wildman–Crippen LogP) is 5.35. The Hall–Kier alpha value is -4.48. The van der Waals surface area contributed by atoms with E-state index in [1.165, 1.54) is 17.0 Å². The first-order valence-electron chi connectivity index (χ1n) is 12.9. The van der Waals surface area contributed by atoms with Crippen molar-refractivity contribution in [1.29, 1.82) is 0 Å². The number of alkyl halides is 3. The molecule has 9 nitrogen and oxygen atoms in total. The van der Waals surface area contributed by atoms with Gasteiger partial charge in [-0.1, -0.05) is 24.3 Å². The van der Waals surface area contributed by atoms with Crippen LogP contribution in [0.25, 0.3) is 28.3 Å². The summed E-state index contributed by atoms with van der Waals surface area (Å²) in [7, 11) is 1.55. The van der Waals surface area contributed by atoms with Gasteiger partial charge in [-0.05, 0) is 32.3 Å². The molecule has 1 aliphatic rings. The van der Waals surface area contributed by atoms with E-state index in [4.69, 9.17) is 9.84 Å². The first-order chi connectivity index (χ1) is 19.2. The Kier molecular flexibility index (Phi) is 6.20. The van der Waals surface area contributed by atoms with Crippen LogP contribution in [0.3, 0.4) is 0 Å². The molecular formula is C28H26F3N7O2. The molecule has 1 aliphatic carbocycles. The Morgan fingerprint density at radius 1 is 1.12 bits per heavy atom. The van der Waals surface area contributed by atoms with Crippen LogP contribution >= 0.6 is 0 Å². The number of rotatable bonds is 7. The van der Waals surface area contributed by atoms with Gasteiger partial charge in [0.1, 0.15) is 23.5 Å². The number of hydrogen-bond acceptors (Lipinski definition) is 6. The number of hydrogen-bond donors (Lipinski definition) is 0. The van der Waals surface area contributed by atoms with Crippen LogP contribution < -0.4 is 10.3 Å². The van der Waals surface area contributed by atoms with Gasteiger partial charge in [-0.15, -0.1) is 0 Å². The maximum atomic E-state index is 13.2. The number of benzene rings is 1. The van der Waals surface area contributed by atoms with Crippen molar-refractivity contribution in [2.24, 2.45) is 0 Å². The SMILES string of the molecule is CCn1cc(C(F)(F)F)nc1-c1ccc(C(C)n2c(=O)ccn3nc(-c4c(OC)ncnc4C4CC4)cc23)cc1. The molecule has 0 aliphatic heterocycles. The molecule has 4 heterocycles. The van der Waals surface area contributed by atoms with Crippen LogP contribution in [0.15, 0.2) is 59.9 Å². The molecule has 0 N–H and O–H groups in total. The zero-order valence-electron chi connectivity index (χ0n) is 22.1. The average Bonchev–Trinajstić information content (AvgIpc) is 3.55. The number of nitrogens with zero attached hydrogens (tertiary/aromatic N) is 7. The summed E-state index contributed by atoms with van der Waals surface area (Å²) >= 11 is 0. The second-order valence-corrected chi connectivity index (χ2v) is 9.81. The zero-order valence-corrected chi connectivity index (χ0v) is 22.1. The van der Waals surface area contributed by atoms with Crippen LogP contribution in [0.5, 0.6) is 5.88 Å². The lowest BCUT2D eigenvalue weighted by atomic mass is 10.1. The van der Waals surface area contributed by atoms with E-state index in [1.807, 2.05) is 13.0 Å². The molecule has 5 aromatic rings. The number of halogens is 3. The van der Waals surface area contributed by atoms with Crippen molar-refractivity contribution >= 4 is 5.65 Å².